The smallest absolute Gasteiger partial charge is 0.303 e. The second-order valence-corrected chi connectivity index (χ2v) is 7.50. The lowest BCUT2D eigenvalue weighted by atomic mass is 10.1. The molecule has 0 aliphatic carbocycles. The molecule has 0 spiro atoms. The van der Waals surface area contributed by atoms with Crippen LogP contribution in [0.3, 0.4) is 0 Å². The fourth-order valence-corrected chi connectivity index (χ4v) is 4.06. The van der Waals surface area contributed by atoms with Crippen LogP contribution in [0.2, 0.25) is 5.02 Å². The molecule has 1 heterocycles. The number of benzene rings is 1. The Balaban J connectivity index is 2.44. The van der Waals surface area contributed by atoms with Crippen molar-refractivity contribution in [3.05, 3.63) is 31.7 Å². The van der Waals surface area contributed by atoms with Gasteiger partial charge in [0.1, 0.15) is 9.34 Å². The Hall–Kier alpha value is -2.37. The van der Waals surface area contributed by atoms with E-state index in [1.165, 1.54) is 25.2 Å². The van der Waals surface area contributed by atoms with Crippen molar-refractivity contribution in [2.45, 2.75) is 12.8 Å². The zero-order valence-electron chi connectivity index (χ0n) is 14.8. The van der Waals surface area contributed by atoms with Crippen LogP contribution in [0, 0.1) is 10.1 Å². The highest BCUT2D eigenvalue weighted by Crippen LogP contribution is 2.45. The Morgan fingerprint density at radius 3 is 2.68 bits per heavy atom. The molecular weight excluding hydrogens is 432 g/mol. The minimum atomic E-state index is -0.978. The standard InChI is InChI=1S/C16H15ClN2O7S2/c1-25-10-7-9(19(23)24)8(13(17)14(10)26-2)6-11-15(22)18(16(27)28-11)5-3-4-12(20)21/h6-7H,3-5H2,1-2H3,(H,20,21). The van der Waals surface area contributed by atoms with E-state index in [4.69, 9.17) is 38.4 Å². The van der Waals surface area contributed by atoms with Gasteiger partial charge in [-0.05, 0) is 12.5 Å². The molecule has 1 amide bonds. The van der Waals surface area contributed by atoms with Crippen molar-refractivity contribution in [1.82, 2.24) is 4.90 Å². The van der Waals surface area contributed by atoms with Crippen LogP contribution in [0.4, 0.5) is 5.69 Å². The lowest BCUT2D eigenvalue weighted by Gasteiger charge is -2.13. The number of methoxy groups -OCH3 is 2. The Morgan fingerprint density at radius 1 is 1.46 bits per heavy atom. The number of hydrogen-bond donors (Lipinski definition) is 1. The number of halogens is 1. The number of amides is 1. The van der Waals surface area contributed by atoms with E-state index in [1.54, 1.807) is 0 Å². The number of nitro benzene ring substituents is 1. The van der Waals surface area contributed by atoms with Gasteiger partial charge in [0.05, 0.1) is 35.7 Å². The van der Waals surface area contributed by atoms with E-state index in [0.29, 0.717) is 0 Å². The highest BCUT2D eigenvalue weighted by molar-refractivity contribution is 8.26. The maximum absolute atomic E-state index is 12.6. The SMILES string of the molecule is COc1cc([N+](=O)[O-])c(C=C2SC(=S)N(CCCC(=O)O)C2=O)c(Cl)c1OC. The van der Waals surface area contributed by atoms with Crippen molar-refractivity contribution in [3.63, 3.8) is 0 Å². The van der Waals surface area contributed by atoms with Crippen LogP contribution in [0.25, 0.3) is 6.08 Å². The third kappa shape index (κ3) is 4.54. The van der Waals surface area contributed by atoms with Crippen LogP contribution in [-0.2, 0) is 9.59 Å². The summed E-state index contributed by atoms with van der Waals surface area (Å²) in [5.74, 6) is -1.27. The van der Waals surface area contributed by atoms with Crippen LogP contribution < -0.4 is 9.47 Å². The number of nitro groups is 1. The van der Waals surface area contributed by atoms with Gasteiger partial charge >= 0.3 is 5.97 Å². The molecule has 2 rings (SSSR count). The summed E-state index contributed by atoms with van der Waals surface area (Å²) in [6.45, 7) is 0.135. The van der Waals surface area contributed by atoms with Gasteiger partial charge in [0.15, 0.2) is 11.5 Å². The molecule has 1 aromatic rings. The van der Waals surface area contributed by atoms with Gasteiger partial charge in [-0.1, -0.05) is 35.6 Å². The van der Waals surface area contributed by atoms with Crippen LogP contribution in [0.5, 0.6) is 11.5 Å². The number of carboxylic acids is 1. The van der Waals surface area contributed by atoms with E-state index < -0.39 is 16.8 Å². The molecule has 0 bridgehead atoms. The van der Waals surface area contributed by atoms with Crippen LogP contribution in [0.1, 0.15) is 18.4 Å². The van der Waals surface area contributed by atoms with Crippen molar-refractivity contribution in [2.24, 2.45) is 0 Å². The number of carbonyl (C=O) groups is 2. The fourth-order valence-electron chi connectivity index (χ4n) is 2.45. The molecule has 12 heteroatoms. The maximum Gasteiger partial charge on any atom is 0.303 e. The molecule has 150 valence electrons. The van der Waals surface area contributed by atoms with Gasteiger partial charge in [-0.3, -0.25) is 24.6 Å². The number of rotatable bonds is 8. The highest BCUT2D eigenvalue weighted by Gasteiger charge is 2.33. The summed E-state index contributed by atoms with van der Waals surface area (Å²) < 4.78 is 10.5. The van der Waals surface area contributed by atoms with Gasteiger partial charge in [-0.15, -0.1) is 0 Å². The minimum Gasteiger partial charge on any atom is -0.493 e. The second-order valence-electron chi connectivity index (χ2n) is 5.45. The van der Waals surface area contributed by atoms with E-state index in [1.807, 2.05) is 0 Å². The Kier molecular flexibility index (Phi) is 7.22. The first-order valence-corrected chi connectivity index (χ1v) is 9.37. The molecule has 0 saturated carbocycles. The molecule has 9 nitrogen and oxygen atoms in total. The number of ether oxygens (including phenoxy) is 2. The monoisotopic (exact) mass is 446 g/mol. The molecule has 1 aliphatic heterocycles. The lowest BCUT2D eigenvalue weighted by molar-refractivity contribution is -0.385. The molecule has 0 aromatic heterocycles. The molecular formula is C16H15ClN2O7S2. The predicted octanol–water partition coefficient (Wildman–Crippen LogP) is 3.33. The van der Waals surface area contributed by atoms with Crippen LogP contribution in [-0.4, -0.2) is 51.9 Å². The van der Waals surface area contributed by atoms with Crippen LogP contribution >= 0.6 is 35.6 Å². The summed E-state index contributed by atoms with van der Waals surface area (Å²) in [5.41, 5.74) is -0.380. The number of thioether (sulfide) groups is 1. The van der Waals surface area contributed by atoms with Gasteiger partial charge < -0.3 is 14.6 Å². The Labute approximate surface area is 174 Å². The minimum absolute atomic E-state index is 0.0182. The van der Waals surface area contributed by atoms with Gasteiger partial charge in [0.2, 0.25) is 0 Å². The molecule has 0 radical (unpaired) electrons. The third-order valence-corrected chi connectivity index (χ3v) is 5.50. The van der Waals surface area contributed by atoms with E-state index in [9.17, 15) is 19.7 Å². The molecule has 1 fully saturated rings. The van der Waals surface area contributed by atoms with Crippen molar-refractivity contribution in [3.8, 4) is 11.5 Å². The van der Waals surface area contributed by atoms with E-state index in [2.05, 4.69) is 0 Å². The molecule has 1 aromatic carbocycles. The molecule has 1 aliphatic rings. The zero-order valence-corrected chi connectivity index (χ0v) is 17.2. The first-order chi connectivity index (χ1) is 13.2. The van der Waals surface area contributed by atoms with Gasteiger partial charge in [-0.25, -0.2) is 0 Å². The molecule has 28 heavy (non-hydrogen) atoms. The summed E-state index contributed by atoms with van der Waals surface area (Å²) >= 11 is 12.4. The van der Waals surface area contributed by atoms with Crippen molar-refractivity contribution < 1.29 is 29.1 Å². The maximum atomic E-state index is 12.6. The summed E-state index contributed by atoms with van der Waals surface area (Å²) in [5, 5.41) is 20.1. The summed E-state index contributed by atoms with van der Waals surface area (Å²) in [7, 11) is 2.65. The predicted molar refractivity (Wildman–Crippen MR) is 108 cm³/mol. The molecule has 0 atom stereocenters. The quantitative estimate of drug-likeness (QED) is 0.277. The van der Waals surface area contributed by atoms with E-state index in [-0.39, 0.29) is 56.4 Å². The average molecular weight is 447 g/mol. The summed E-state index contributed by atoms with van der Waals surface area (Å²) in [4.78, 5) is 35.5. The average Bonchev–Trinajstić information content (AvgIpc) is 2.89. The topological polar surface area (TPSA) is 119 Å². The van der Waals surface area contributed by atoms with Crippen molar-refractivity contribution >= 4 is 63.5 Å². The first-order valence-electron chi connectivity index (χ1n) is 7.77. The van der Waals surface area contributed by atoms with Gasteiger partial charge in [0.25, 0.3) is 11.6 Å². The molecule has 1 saturated heterocycles. The number of hydrogen-bond acceptors (Lipinski definition) is 8. The fraction of sp³-hybridized carbons (Fsp3) is 0.312. The van der Waals surface area contributed by atoms with Gasteiger partial charge in [-0.2, -0.15) is 0 Å². The Morgan fingerprint density at radius 2 is 2.14 bits per heavy atom. The second kappa shape index (κ2) is 9.22. The number of nitrogens with zero attached hydrogens (tertiary/aromatic N) is 2. The van der Waals surface area contributed by atoms with E-state index >= 15 is 0 Å². The van der Waals surface area contributed by atoms with Crippen molar-refractivity contribution in [2.75, 3.05) is 20.8 Å². The normalized spacial score (nSPS) is 15.2. The lowest BCUT2D eigenvalue weighted by Crippen LogP contribution is -2.29. The number of thiocarbonyl (C=S) groups is 1. The largest absolute Gasteiger partial charge is 0.493 e. The van der Waals surface area contributed by atoms with Gasteiger partial charge in [0, 0.05) is 13.0 Å². The number of carboxylic acid groups (broad SMARTS) is 1. The summed E-state index contributed by atoms with van der Waals surface area (Å²) in [6, 6.07) is 1.16. The molecule has 0 unspecified atom stereocenters. The number of aliphatic carboxylic acids is 1. The summed E-state index contributed by atoms with van der Waals surface area (Å²) in [6.07, 6.45) is 1.40. The third-order valence-electron chi connectivity index (χ3n) is 3.75. The van der Waals surface area contributed by atoms with E-state index in [0.717, 1.165) is 17.8 Å². The highest BCUT2D eigenvalue weighted by atomic mass is 35.5. The van der Waals surface area contributed by atoms with Crippen molar-refractivity contribution in [1.29, 1.82) is 0 Å². The van der Waals surface area contributed by atoms with Crippen LogP contribution in [0.15, 0.2) is 11.0 Å². The Bertz CT molecular complexity index is 888. The first kappa shape index (κ1) is 21.9. The zero-order chi connectivity index (χ0) is 21.0. The number of carbonyl (C=O) groups excluding carboxylic acids is 1. The molecule has 1 N–H and O–H groups in total.